The lowest BCUT2D eigenvalue weighted by atomic mass is 9.80. The van der Waals surface area contributed by atoms with E-state index in [0.29, 0.717) is 12.0 Å². The van der Waals surface area contributed by atoms with Gasteiger partial charge in [-0.05, 0) is 55.3 Å². The van der Waals surface area contributed by atoms with Gasteiger partial charge in [-0.2, -0.15) is 0 Å². The molecule has 1 saturated carbocycles. The van der Waals surface area contributed by atoms with E-state index in [1.165, 1.54) is 63.5 Å². The van der Waals surface area contributed by atoms with Gasteiger partial charge >= 0.3 is 0 Å². The molecule has 1 saturated heterocycles. The van der Waals surface area contributed by atoms with Gasteiger partial charge in [0.05, 0.1) is 0 Å². The van der Waals surface area contributed by atoms with Crippen LogP contribution in [0.15, 0.2) is 24.3 Å². The van der Waals surface area contributed by atoms with Crippen LogP contribution in [-0.2, 0) is 0 Å². The van der Waals surface area contributed by atoms with Crippen LogP contribution in [0.3, 0.4) is 0 Å². The molecule has 3 heteroatoms. The molecular formula is C18H27Cl2N. The molecule has 2 aliphatic rings. The van der Waals surface area contributed by atoms with E-state index in [1.54, 1.807) is 0 Å². The van der Waals surface area contributed by atoms with Crippen LogP contribution in [0.5, 0.6) is 0 Å². The molecule has 1 aliphatic carbocycles. The van der Waals surface area contributed by atoms with E-state index in [0.717, 1.165) is 10.9 Å². The maximum Gasteiger partial charge on any atom is 0.0406 e. The average Bonchev–Trinajstić information content (AvgIpc) is 3.00. The largest absolute Gasteiger partial charge is 0.313 e. The summed E-state index contributed by atoms with van der Waals surface area (Å²) < 4.78 is 0. The summed E-state index contributed by atoms with van der Waals surface area (Å²) in [6.07, 6.45) is 11.2. The number of rotatable bonds is 4. The second-order valence-corrected chi connectivity index (χ2v) is 7.04. The zero-order valence-corrected chi connectivity index (χ0v) is 14.3. The minimum absolute atomic E-state index is 0. The summed E-state index contributed by atoms with van der Waals surface area (Å²) in [7, 11) is 0. The number of hydrogen-bond acceptors (Lipinski definition) is 1. The van der Waals surface area contributed by atoms with Gasteiger partial charge in [-0.25, -0.2) is 0 Å². The van der Waals surface area contributed by atoms with E-state index >= 15 is 0 Å². The maximum absolute atomic E-state index is 6.06. The summed E-state index contributed by atoms with van der Waals surface area (Å²) in [6, 6.07) is 9.28. The highest BCUT2D eigenvalue weighted by Crippen LogP contribution is 2.37. The molecule has 0 amide bonds. The lowest BCUT2D eigenvalue weighted by molar-refractivity contribution is 0.307. The van der Waals surface area contributed by atoms with Crippen molar-refractivity contribution in [2.75, 3.05) is 6.54 Å². The van der Waals surface area contributed by atoms with Gasteiger partial charge in [0.25, 0.3) is 0 Å². The molecule has 1 N–H and O–H groups in total. The quantitative estimate of drug-likeness (QED) is 0.762. The molecule has 0 aromatic heterocycles. The van der Waals surface area contributed by atoms with Crippen molar-refractivity contribution in [2.24, 2.45) is 5.92 Å². The van der Waals surface area contributed by atoms with Crippen LogP contribution >= 0.6 is 24.0 Å². The Morgan fingerprint density at radius 2 is 1.67 bits per heavy atom. The Hall–Kier alpha value is -0.240. The zero-order valence-electron chi connectivity index (χ0n) is 12.7. The van der Waals surface area contributed by atoms with Crippen LogP contribution in [0, 0.1) is 5.92 Å². The van der Waals surface area contributed by atoms with Crippen molar-refractivity contribution in [3.05, 3.63) is 34.9 Å². The molecule has 1 aromatic rings. The molecule has 2 atom stereocenters. The van der Waals surface area contributed by atoms with Crippen LogP contribution in [0.25, 0.3) is 0 Å². The lowest BCUT2D eigenvalue weighted by Crippen LogP contribution is -2.39. The summed E-state index contributed by atoms with van der Waals surface area (Å²) in [6.45, 7) is 1.19. The van der Waals surface area contributed by atoms with E-state index in [-0.39, 0.29) is 12.4 Å². The predicted octanol–water partition coefficient (Wildman–Crippen LogP) is 5.57. The molecular weight excluding hydrogens is 301 g/mol. The smallest absolute Gasteiger partial charge is 0.0406 e. The molecule has 118 valence electrons. The number of benzene rings is 1. The first-order valence-electron chi connectivity index (χ1n) is 8.32. The lowest BCUT2D eigenvalue weighted by Gasteiger charge is -2.33. The highest BCUT2D eigenvalue weighted by Gasteiger charge is 2.28. The van der Waals surface area contributed by atoms with Crippen molar-refractivity contribution in [3.8, 4) is 0 Å². The second-order valence-electron chi connectivity index (χ2n) is 6.60. The van der Waals surface area contributed by atoms with Crippen LogP contribution in [-0.4, -0.2) is 12.6 Å². The van der Waals surface area contributed by atoms with Crippen molar-refractivity contribution < 1.29 is 0 Å². The van der Waals surface area contributed by atoms with E-state index in [4.69, 9.17) is 11.6 Å². The van der Waals surface area contributed by atoms with Crippen LogP contribution in [0.2, 0.25) is 5.02 Å². The summed E-state index contributed by atoms with van der Waals surface area (Å²) in [5.74, 6) is 1.62. The Morgan fingerprint density at radius 3 is 2.29 bits per heavy atom. The molecule has 1 heterocycles. The van der Waals surface area contributed by atoms with Gasteiger partial charge < -0.3 is 5.32 Å². The fourth-order valence-corrected chi connectivity index (χ4v) is 4.20. The first kappa shape index (κ1) is 17.1. The number of hydrogen-bond donors (Lipinski definition) is 1. The van der Waals surface area contributed by atoms with Crippen molar-refractivity contribution in [1.82, 2.24) is 5.32 Å². The zero-order chi connectivity index (χ0) is 13.8. The molecule has 3 rings (SSSR count). The minimum Gasteiger partial charge on any atom is -0.313 e. The van der Waals surface area contributed by atoms with Crippen LogP contribution in [0.4, 0.5) is 0 Å². The summed E-state index contributed by atoms with van der Waals surface area (Å²) in [5.41, 5.74) is 1.49. The topological polar surface area (TPSA) is 12.0 Å². The molecule has 1 nitrogen and oxygen atoms in total. The Balaban J connectivity index is 0.00000161. The first-order valence-corrected chi connectivity index (χ1v) is 8.69. The highest BCUT2D eigenvalue weighted by atomic mass is 35.5. The molecule has 0 bridgehead atoms. The number of halogens is 2. The predicted molar refractivity (Wildman–Crippen MR) is 93.7 cm³/mol. The standard InChI is InChI=1S/C18H26ClN.ClH/c19-16-10-8-15(9-11-16)17(13-14-5-1-2-6-14)18-7-3-4-12-20-18;/h8-11,14,17-18,20H,1-7,12-13H2;1H. The van der Waals surface area contributed by atoms with Crippen LogP contribution in [0.1, 0.15) is 62.8 Å². The van der Waals surface area contributed by atoms with Gasteiger partial charge in [0.15, 0.2) is 0 Å². The van der Waals surface area contributed by atoms with E-state index in [1.807, 2.05) is 0 Å². The summed E-state index contributed by atoms with van der Waals surface area (Å²) >= 11 is 6.06. The second kappa shape index (κ2) is 8.41. The third-order valence-electron chi connectivity index (χ3n) is 5.19. The Bertz CT molecular complexity index is 406. The Morgan fingerprint density at radius 1 is 1.00 bits per heavy atom. The minimum atomic E-state index is 0. The maximum atomic E-state index is 6.06. The fraction of sp³-hybridized carbons (Fsp3) is 0.667. The molecule has 0 spiro atoms. The third kappa shape index (κ3) is 4.61. The Labute approximate surface area is 140 Å². The van der Waals surface area contributed by atoms with E-state index in [2.05, 4.69) is 29.6 Å². The first-order chi connectivity index (χ1) is 9.83. The van der Waals surface area contributed by atoms with E-state index in [9.17, 15) is 0 Å². The van der Waals surface area contributed by atoms with Gasteiger partial charge in [-0.15, -0.1) is 12.4 Å². The normalized spacial score (nSPS) is 24.5. The van der Waals surface area contributed by atoms with Gasteiger partial charge in [0, 0.05) is 11.1 Å². The number of nitrogens with one attached hydrogen (secondary N) is 1. The van der Waals surface area contributed by atoms with Gasteiger partial charge in [-0.1, -0.05) is 55.8 Å². The van der Waals surface area contributed by atoms with E-state index < -0.39 is 0 Å². The van der Waals surface area contributed by atoms with Crippen molar-refractivity contribution in [3.63, 3.8) is 0 Å². The molecule has 1 aliphatic heterocycles. The van der Waals surface area contributed by atoms with Gasteiger partial charge in [0.2, 0.25) is 0 Å². The van der Waals surface area contributed by atoms with Crippen molar-refractivity contribution >= 4 is 24.0 Å². The fourth-order valence-electron chi connectivity index (χ4n) is 4.07. The molecule has 0 radical (unpaired) electrons. The van der Waals surface area contributed by atoms with Gasteiger partial charge in [-0.3, -0.25) is 0 Å². The summed E-state index contributed by atoms with van der Waals surface area (Å²) in [4.78, 5) is 0. The monoisotopic (exact) mass is 327 g/mol. The average molecular weight is 328 g/mol. The SMILES string of the molecule is Cl.Clc1ccc(C(CC2CCCC2)C2CCCCN2)cc1. The van der Waals surface area contributed by atoms with Crippen molar-refractivity contribution in [1.29, 1.82) is 0 Å². The molecule has 21 heavy (non-hydrogen) atoms. The molecule has 2 unspecified atom stereocenters. The Kier molecular flexibility index (Phi) is 6.85. The van der Waals surface area contributed by atoms with Gasteiger partial charge in [0.1, 0.15) is 0 Å². The van der Waals surface area contributed by atoms with Crippen LogP contribution < -0.4 is 5.32 Å². The van der Waals surface area contributed by atoms with Crippen molar-refractivity contribution in [2.45, 2.75) is 63.3 Å². The summed E-state index contributed by atoms with van der Waals surface area (Å²) in [5, 5.41) is 4.63. The third-order valence-corrected chi connectivity index (χ3v) is 5.45. The molecule has 2 fully saturated rings. The highest BCUT2D eigenvalue weighted by molar-refractivity contribution is 6.30. The number of piperidine rings is 1. The molecule has 1 aromatic carbocycles.